The number of fused-ring (bicyclic) bond motifs is 3. The van der Waals surface area contributed by atoms with Crippen LogP contribution in [0.3, 0.4) is 0 Å². The van der Waals surface area contributed by atoms with Crippen LogP contribution in [0.4, 0.5) is 9.18 Å². The second-order valence-corrected chi connectivity index (χ2v) is 11.4. The molecule has 0 radical (unpaired) electrons. The van der Waals surface area contributed by atoms with Gasteiger partial charge in [-0.2, -0.15) is 0 Å². The SMILES string of the molecule is CC(C)(F)CNS(=O)(=O)c1cc2c(c3cnc(Cl)cc13)CCC2NC(=O)OC(C)(C)C. The standard InChI is InChI=1S/C21H27ClFN3O4S/c1-20(2,3)30-19(27)26-16-7-6-12-13(16)8-17(14-9-18(22)24-10-15(12)14)31(28,29)25-11-21(4,5)23/h8-10,16,25H,6-7,11H2,1-5H3,(H,26,27). The molecule has 1 atom stereocenters. The molecule has 0 bridgehead atoms. The van der Waals surface area contributed by atoms with Crippen LogP contribution in [0.5, 0.6) is 0 Å². The van der Waals surface area contributed by atoms with Gasteiger partial charge in [0.25, 0.3) is 0 Å². The lowest BCUT2D eigenvalue weighted by Gasteiger charge is -2.22. The molecule has 1 aliphatic carbocycles. The fourth-order valence-electron chi connectivity index (χ4n) is 3.54. The van der Waals surface area contributed by atoms with E-state index in [-0.39, 0.29) is 16.6 Å². The van der Waals surface area contributed by atoms with Crippen LogP contribution in [0.1, 0.15) is 58.2 Å². The number of alkyl halides is 1. The van der Waals surface area contributed by atoms with Crippen molar-refractivity contribution in [1.82, 2.24) is 15.0 Å². The zero-order valence-corrected chi connectivity index (χ0v) is 19.7. The van der Waals surface area contributed by atoms with Crippen LogP contribution in [0, 0.1) is 0 Å². The van der Waals surface area contributed by atoms with Gasteiger partial charge < -0.3 is 10.1 Å². The van der Waals surface area contributed by atoms with Crippen LogP contribution in [0.25, 0.3) is 10.8 Å². The Morgan fingerprint density at radius 1 is 1.26 bits per heavy atom. The third-order valence-corrected chi connectivity index (χ3v) is 6.47. The molecule has 10 heteroatoms. The summed E-state index contributed by atoms with van der Waals surface area (Å²) < 4.78 is 47.8. The Kier molecular flexibility index (Phi) is 6.25. The molecule has 3 rings (SSSR count). The molecule has 0 aliphatic heterocycles. The molecule has 1 aliphatic rings. The summed E-state index contributed by atoms with van der Waals surface area (Å²) in [6.45, 7) is 7.49. The van der Waals surface area contributed by atoms with E-state index in [0.717, 1.165) is 5.56 Å². The van der Waals surface area contributed by atoms with Crippen molar-refractivity contribution in [3.05, 3.63) is 34.6 Å². The number of amides is 1. The van der Waals surface area contributed by atoms with E-state index in [1.54, 1.807) is 20.8 Å². The zero-order chi connectivity index (χ0) is 23.2. The summed E-state index contributed by atoms with van der Waals surface area (Å²) in [5.41, 5.74) is -0.820. The van der Waals surface area contributed by atoms with Gasteiger partial charge in [-0.05, 0) is 70.7 Å². The van der Waals surface area contributed by atoms with Crippen molar-refractivity contribution in [2.75, 3.05) is 6.54 Å². The number of benzene rings is 1. The lowest BCUT2D eigenvalue weighted by atomic mass is 10.0. The number of alkyl carbamates (subject to hydrolysis) is 1. The molecule has 1 aromatic carbocycles. The lowest BCUT2D eigenvalue weighted by Crippen LogP contribution is -2.36. The highest BCUT2D eigenvalue weighted by Crippen LogP contribution is 2.40. The summed E-state index contributed by atoms with van der Waals surface area (Å²) in [6, 6.07) is 2.59. The van der Waals surface area contributed by atoms with Crippen LogP contribution in [0.2, 0.25) is 5.15 Å². The Balaban J connectivity index is 2.07. The molecule has 0 spiro atoms. The summed E-state index contributed by atoms with van der Waals surface area (Å²) in [4.78, 5) is 16.4. The minimum Gasteiger partial charge on any atom is -0.444 e. The smallest absolute Gasteiger partial charge is 0.408 e. The first-order valence-electron chi connectivity index (χ1n) is 9.95. The van der Waals surface area contributed by atoms with Crippen molar-refractivity contribution >= 4 is 38.5 Å². The number of halogens is 2. The first-order chi connectivity index (χ1) is 14.2. The van der Waals surface area contributed by atoms with Crippen molar-refractivity contribution in [2.24, 2.45) is 0 Å². The van der Waals surface area contributed by atoms with Gasteiger partial charge in [0.15, 0.2) is 0 Å². The normalized spacial score (nSPS) is 16.9. The number of aryl methyl sites for hydroxylation is 1. The number of carbonyl (C=O) groups excluding carboxylic acids is 1. The van der Waals surface area contributed by atoms with Gasteiger partial charge in [0.2, 0.25) is 10.0 Å². The maximum atomic E-state index is 14.0. The Bertz CT molecular complexity index is 1120. The molecule has 0 saturated heterocycles. The monoisotopic (exact) mass is 471 g/mol. The maximum Gasteiger partial charge on any atom is 0.408 e. The highest BCUT2D eigenvalue weighted by molar-refractivity contribution is 7.89. The summed E-state index contributed by atoms with van der Waals surface area (Å²) >= 11 is 6.04. The van der Waals surface area contributed by atoms with E-state index in [1.807, 2.05) is 0 Å². The molecule has 7 nitrogen and oxygen atoms in total. The molecule has 31 heavy (non-hydrogen) atoms. The van der Waals surface area contributed by atoms with E-state index in [2.05, 4.69) is 15.0 Å². The van der Waals surface area contributed by atoms with Gasteiger partial charge in [-0.25, -0.2) is 27.3 Å². The summed E-state index contributed by atoms with van der Waals surface area (Å²) in [7, 11) is -4.06. The van der Waals surface area contributed by atoms with Gasteiger partial charge >= 0.3 is 6.09 Å². The molecule has 2 aromatic rings. The third kappa shape index (κ3) is 5.64. The highest BCUT2D eigenvalue weighted by Gasteiger charge is 2.32. The molecular formula is C21H27ClFN3O4S. The number of rotatable bonds is 5. The van der Waals surface area contributed by atoms with Crippen LogP contribution in [0.15, 0.2) is 23.2 Å². The minimum absolute atomic E-state index is 0.0345. The lowest BCUT2D eigenvalue weighted by molar-refractivity contribution is 0.0503. The van der Waals surface area contributed by atoms with Gasteiger partial charge in [-0.1, -0.05) is 11.6 Å². The van der Waals surface area contributed by atoms with Gasteiger partial charge in [0, 0.05) is 23.5 Å². The van der Waals surface area contributed by atoms with Crippen LogP contribution < -0.4 is 10.0 Å². The molecule has 0 fully saturated rings. The average molecular weight is 472 g/mol. The molecule has 1 aromatic heterocycles. The van der Waals surface area contributed by atoms with E-state index < -0.39 is 33.4 Å². The molecule has 1 unspecified atom stereocenters. The second kappa shape index (κ2) is 8.18. The number of ether oxygens (including phenoxy) is 1. The number of hydrogen-bond donors (Lipinski definition) is 2. The number of hydrogen-bond acceptors (Lipinski definition) is 5. The fraction of sp³-hybridized carbons (Fsp3) is 0.524. The number of pyridine rings is 1. The largest absolute Gasteiger partial charge is 0.444 e. The Hall–Kier alpha value is -1.97. The number of sulfonamides is 1. The topological polar surface area (TPSA) is 97.4 Å². The number of aromatic nitrogens is 1. The molecule has 0 saturated carbocycles. The highest BCUT2D eigenvalue weighted by atomic mass is 35.5. The Morgan fingerprint density at radius 3 is 2.55 bits per heavy atom. The third-order valence-electron chi connectivity index (χ3n) is 4.82. The van der Waals surface area contributed by atoms with Crippen LogP contribution in [-0.2, 0) is 21.2 Å². The first-order valence-corrected chi connectivity index (χ1v) is 11.8. The zero-order valence-electron chi connectivity index (χ0n) is 18.2. The van der Waals surface area contributed by atoms with Crippen molar-refractivity contribution in [3.8, 4) is 0 Å². The average Bonchev–Trinajstić information content (AvgIpc) is 2.99. The van der Waals surface area contributed by atoms with E-state index >= 15 is 0 Å². The molecule has 170 valence electrons. The number of nitrogens with zero attached hydrogens (tertiary/aromatic N) is 1. The van der Waals surface area contributed by atoms with Crippen LogP contribution in [-0.4, -0.2) is 37.3 Å². The molecular weight excluding hydrogens is 445 g/mol. The first kappa shape index (κ1) is 23.7. The Morgan fingerprint density at radius 2 is 1.94 bits per heavy atom. The number of carbonyl (C=O) groups is 1. The van der Waals surface area contributed by atoms with Gasteiger partial charge in [0.1, 0.15) is 16.4 Å². The second-order valence-electron chi connectivity index (χ2n) is 9.28. The van der Waals surface area contributed by atoms with E-state index in [1.165, 1.54) is 32.2 Å². The van der Waals surface area contributed by atoms with Crippen molar-refractivity contribution in [1.29, 1.82) is 0 Å². The molecule has 1 heterocycles. The quantitative estimate of drug-likeness (QED) is 0.629. The maximum absolute atomic E-state index is 14.0. The van der Waals surface area contributed by atoms with Gasteiger partial charge in [0.05, 0.1) is 10.9 Å². The van der Waals surface area contributed by atoms with E-state index in [0.29, 0.717) is 29.2 Å². The molecule has 2 N–H and O–H groups in total. The van der Waals surface area contributed by atoms with Crippen molar-refractivity contribution in [2.45, 2.75) is 69.7 Å². The predicted octanol–water partition coefficient (Wildman–Crippen LogP) is 4.43. The predicted molar refractivity (Wildman–Crippen MR) is 118 cm³/mol. The molecule has 1 amide bonds. The summed E-state index contributed by atoms with van der Waals surface area (Å²) in [5.74, 6) is 0. The van der Waals surface area contributed by atoms with Crippen molar-refractivity contribution in [3.63, 3.8) is 0 Å². The van der Waals surface area contributed by atoms with Crippen molar-refractivity contribution < 1.29 is 22.3 Å². The summed E-state index contributed by atoms with van der Waals surface area (Å²) in [6.07, 6.45) is 2.16. The summed E-state index contributed by atoms with van der Waals surface area (Å²) in [5, 5.41) is 4.01. The number of nitrogens with one attached hydrogen (secondary N) is 2. The van der Waals surface area contributed by atoms with Crippen LogP contribution >= 0.6 is 11.6 Å². The van der Waals surface area contributed by atoms with Gasteiger partial charge in [-0.3, -0.25) is 0 Å². The minimum atomic E-state index is -4.06. The van der Waals surface area contributed by atoms with E-state index in [9.17, 15) is 17.6 Å². The fourth-order valence-corrected chi connectivity index (χ4v) is 5.12. The van der Waals surface area contributed by atoms with Gasteiger partial charge in [-0.15, -0.1) is 0 Å². The Labute approximate surface area is 186 Å². The van der Waals surface area contributed by atoms with E-state index in [4.69, 9.17) is 16.3 Å².